The monoisotopic (exact) mass is 692 g/mol. The summed E-state index contributed by atoms with van der Waals surface area (Å²) < 4.78 is 11.3. The molecule has 1 aliphatic rings. The number of anilines is 2. The van der Waals surface area contributed by atoms with Crippen molar-refractivity contribution in [2.75, 3.05) is 50.4 Å². The minimum atomic E-state index is -0.963. The third kappa shape index (κ3) is 11.4. The van der Waals surface area contributed by atoms with Crippen LogP contribution in [0.15, 0.2) is 47.4 Å². The summed E-state index contributed by atoms with van der Waals surface area (Å²) in [6.45, 7) is 4.86. The van der Waals surface area contributed by atoms with E-state index in [0.717, 1.165) is 10.6 Å². The van der Waals surface area contributed by atoms with Crippen LogP contribution in [0.2, 0.25) is 0 Å². The second-order valence-electron chi connectivity index (χ2n) is 11.5. The number of aromatic amines is 1. The Labute approximate surface area is 286 Å². The van der Waals surface area contributed by atoms with E-state index in [0.29, 0.717) is 24.2 Å². The van der Waals surface area contributed by atoms with Gasteiger partial charge in [-0.25, -0.2) is 9.97 Å². The number of carbonyl (C=O) groups is 5. The summed E-state index contributed by atoms with van der Waals surface area (Å²) in [5, 5.41) is 11.4. The maximum atomic E-state index is 12.5. The number of nitrogens with zero attached hydrogens (tertiary/aromatic N) is 4. The van der Waals surface area contributed by atoms with Crippen molar-refractivity contribution in [1.29, 1.82) is 0 Å². The quantitative estimate of drug-likeness (QED) is 0.0538. The van der Waals surface area contributed by atoms with Gasteiger partial charge in [-0.3, -0.25) is 38.7 Å². The second kappa shape index (κ2) is 17.6. The molecule has 1 aromatic carbocycles. The van der Waals surface area contributed by atoms with Crippen molar-refractivity contribution in [3.63, 3.8) is 0 Å². The topological polar surface area (TPSA) is 253 Å². The summed E-state index contributed by atoms with van der Waals surface area (Å²) in [4.78, 5) is 87.5. The summed E-state index contributed by atoms with van der Waals surface area (Å²) in [5.74, 6) is -2.64. The molecule has 0 spiro atoms. The molecule has 0 saturated carbocycles. The fourth-order valence-corrected chi connectivity index (χ4v) is 4.60. The maximum Gasteiger partial charge on any atom is 0.280 e. The molecule has 0 saturated heterocycles. The van der Waals surface area contributed by atoms with E-state index in [1.165, 1.54) is 18.3 Å². The summed E-state index contributed by atoms with van der Waals surface area (Å²) in [6.07, 6.45) is 4.48. The van der Waals surface area contributed by atoms with Crippen molar-refractivity contribution in [2.24, 2.45) is 0 Å². The first-order valence-corrected chi connectivity index (χ1v) is 15.9. The van der Waals surface area contributed by atoms with Crippen LogP contribution in [-0.2, 0) is 35.2 Å². The number of imide groups is 1. The van der Waals surface area contributed by atoms with Gasteiger partial charge in [-0.2, -0.15) is 4.98 Å². The average Bonchev–Trinajstić information content (AvgIpc) is 3.41. The molecule has 0 atom stereocenters. The van der Waals surface area contributed by atoms with E-state index in [9.17, 15) is 28.8 Å². The molecule has 18 heteroatoms. The molecule has 0 fully saturated rings. The molecular formula is C32H40N10O8. The van der Waals surface area contributed by atoms with Crippen LogP contribution in [0.4, 0.5) is 11.6 Å². The van der Waals surface area contributed by atoms with Crippen molar-refractivity contribution in [2.45, 2.75) is 45.4 Å². The van der Waals surface area contributed by atoms with Gasteiger partial charge >= 0.3 is 0 Å². The molecule has 0 bridgehead atoms. The van der Waals surface area contributed by atoms with Gasteiger partial charge in [0.25, 0.3) is 23.3 Å². The van der Waals surface area contributed by atoms with Crippen LogP contribution in [0, 0.1) is 0 Å². The number of amides is 5. The number of H-pyrrole nitrogens is 1. The molecule has 5 amide bonds. The van der Waals surface area contributed by atoms with Crippen molar-refractivity contribution >= 4 is 52.3 Å². The number of hydrogen-bond acceptors (Lipinski definition) is 13. The van der Waals surface area contributed by atoms with Crippen molar-refractivity contribution < 1.29 is 33.4 Å². The molecule has 4 rings (SSSR count). The lowest BCUT2D eigenvalue weighted by Crippen LogP contribution is -2.38. The van der Waals surface area contributed by atoms with E-state index in [1.54, 1.807) is 38.1 Å². The van der Waals surface area contributed by atoms with Gasteiger partial charge in [0.15, 0.2) is 17.0 Å². The third-order valence-corrected chi connectivity index (χ3v) is 7.18. The predicted molar refractivity (Wildman–Crippen MR) is 180 cm³/mol. The molecule has 7 N–H and O–H groups in total. The number of fused-ring (bicyclic) bond motifs is 1. The van der Waals surface area contributed by atoms with E-state index in [2.05, 4.69) is 41.2 Å². The van der Waals surface area contributed by atoms with Crippen LogP contribution in [0.1, 0.15) is 49.2 Å². The Morgan fingerprint density at radius 2 is 1.52 bits per heavy atom. The van der Waals surface area contributed by atoms with Gasteiger partial charge in [-0.15, -0.1) is 0 Å². The van der Waals surface area contributed by atoms with E-state index in [4.69, 9.17) is 15.2 Å². The van der Waals surface area contributed by atoms with Crippen molar-refractivity contribution in [1.82, 2.24) is 40.8 Å². The number of benzene rings is 1. The lowest BCUT2D eigenvalue weighted by molar-refractivity contribution is -0.211. The fraction of sp³-hybridized carbons (Fsp3) is 0.406. The van der Waals surface area contributed by atoms with Gasteiger partial charge in [0.2, 0.25) is 17.8 Å². The minimum absolute atomic E-state index is 0.00835. The fourth-order valence-electron chi connectivity index (χ4n) is 4.60. The Balaban J connectivity index is 1.02. The van der Waals surface area contributed by atoms with Crippen LogP contribution in [-0.4, -0.2) is 99.6 Å². The Morgan fingerprint density at radius 1 is 0.880 bits per heavy atom. The van der Waals surface area contributed by atoms with E-state index < -0.39 is 23.2 Å². The molecule has 0 unspecified atom stereocenters. The largest absolute Gasteiger partial charge is 0.379 e. The van der Waals surface area contributed by atoms with Gasteiger partial charge in [0, 0.05) is 62.4 Å². The first kappa shape index (κ1) is 37.1. The summed E-state index contributed by atoms with van der Waals surface area (Å²) in [6, 6.07) is 6.81. The number of carbonyl (C=O) groups excluding carboxylic acids is 5. The molecule has 50 heavy (non-hydrogen) atoms. The molecule has 1 aliphatic heterocycles. The Bertz CT molecular complexity index is 1770. The maximum absolute atomic E-state index is 12.5. The number of ether oxygens (including phenoxy) is 2. The molecule has 2 aromatic heterocycles. The zero-order chi connectivity index (χ0) is 36.1. The molecular weight excluding hydrogens is 652 g/mol. The highest BCUT2D eigenvalue weighted by Gasteiger charge is 2.24. The van der Waals surface area contributed by atoms with Gasteiger partial charge in [0.05, 0.1) is 31.6 Å². The first-order chi connectivity index (χ1) is 23.9. The number of aromatic nitrogens is 4. The molecule has 3 aromatic rings. The zero-order valence-electron chi connectivity index (χ0n) is 27.7. The van der Waals surface area contributed by atoms with Crippen LogP contribution in [0.3, 0.4) is 0 Å². The lowest BCUT2D eigenvalue weighted by Gasteiger charge is -2.26. The number of rotatable bonds is 19. The third-order valence-electron chi connectivity index (χ3n) is 7.18. The molecule has 0 aliphatic carbocycles. The predicted octanol–water partition coefficient (Wildman–Crippen LogP) is -0.266. The molecule has 266 valence electrons. The Kier molecular flexibility index (Phi) is 13.0. The highest BCUT2D eigenvalue weighted by Crippen LogP contribution is 2.12. The zero-order valence-corrected chi connectivity index (χ0v) is 27.7. The van der Waals surface area contributed by atoms with Crippen LogP contribution < -0.4 is 32.6 Å². The number of nitrogen functional groups attached to an aromatic ring is 1. The Hall–Kier alpha value is -5.75. The van der Waals surface area contributed by atoms with E-state index in [1.807, 2.05) is 0 Å². The van der Waals surface area contributed by atoms with Gasteiger partial charge in [0.1, 0.15) is 0 Å². The standard InChI is InChI=1S/C32H40N10O8/c1-32(2,50-17-14-35-24(44)11-15-42-25(45)9-10-26(42)46)49-16-13-34-23(43)4-3-12-36-29(47)20-5-7-21(8-6-20)37-18-22-19-38-28-27(39-22)30(48)41-31(33)40-28/h5-10,19,37H,3-4,11-18H2,1-2H3,(H,34,43)(H,35,44)(H,36,47)(H3,33,38,40,41,48). The van der Waals surface area contributed by atoms with E-state index >= 15 is 0 Å². The van der Waals surface area contributed by atoms with Crippen molar-refractivity contribution in [3.05, 3.63) is 64.2 Å². The highest BCUT2D eigenvalue weighted by molar-refractivity contribution is 6.13. The molecule has 3 heterocycles. The average molecular weight is 693 g/mol. The second-order valence-corrected chi connectivity index (χ2v) is 11.5. The summed E-state index contributed by atoms with van der Waals surface area (Å²) >= 11 is 0. The summed E-state index contributed by atoms with van der Waals surface area (Å²) in [7, 11) is 0. The first-order valence-electron chi connectivity index (χ1n) is 15.9. The van der Waals surface area contributed by atoms with Gasteiger partial charge < -0.3 is 36.5 Å². The Morgan fingerprint density at radius 3 is 2.18 bits per heavy atom. The minimum Gasteiger partial charge on any atom is -0.379 e. The van der Waals surface area contributed by atoms with Crippen LogP contribution in [0.5, 0.6) is 0 Å². The smallest absolute Gasteiger partial charge is 0.280 e. The van der Waals surface area contributed by atoms with Gasteiger partial charge in [-0.1, -0.05) is 0 Å². The number of nitrogens with two attached hydrogens (primary N) is 1. The molecule has 0 radical (unpaired) electrons. The van der Waals surface area contributed by atoms with Crippen LogP contribution in [0.25, 0.3) is 11.2 Å². The highest BCUT2D eigenvalue weighted by atomic mass is 16.7. The lowest BCUT2D eigenvalue weighted by atomic mass is 10.2. The SMILES string of the molecule is CC(C)(OCCNC(=O)CCCNC(=O)c1ccc(NCc2cnc3nc(N)[nH]c(=O)c3n2)cc1)OCCNC(=O)CCN1C(=O)C=CC1=O. The van der Waals surface area contributed by atoms with E-state index in [-0.39, 0.29) is 87.1 Å². The van der Waals surface area contributed by atoms with Crippen molar-refractivity contribution in [3.8, 4) is 0 Å². The number of hydrogen-bond donors (Lipinski definition) is 6. The van der Waals surface area contributed by atoms with Gasteiger partial charge in [-0.05, 0) is 44.5 Å². The summed E-state index contributed by atoms with van der Waals surface area (Å²) in [5.41, 5.74) is 7.01. The van der Waals surface area contributed by atoms with Crippen LogP contribution >= 0.6 is 0 Å². The molecule has 18 nitrogen and oxygen atoms in total. The normalized spacial score (nSPS) is 12.7. The number of nitrogens with one attached hydrogen (secondary N) is 5.